The lowest BCUT2D eigenvalue weighted by atomic mass is 10.2. The van der Waals surface area contributed by atoms with Crippen LogP contribution in [0.5, 0.6) is 0 Å². The smallest absolute Gasteiger partial charge is 0.407 e. The van der Waals surface area contributed by atoms with Gasteiger partial charge in [0, 0.05) is 25.6 Å². The summed E-state index contributed by atoms with van der Waals surface area (Å²) < 4.78 is 5.11. The Morgan fingerprint density at radius 1 is 1.32 bits per heavy atom. The SMILES string of the molecule is CC(=O)c1cccc(CCNC(=O)OC(C)(C)C)n1. The molecule has 1 amide bonds. The van der Waals surface area contributed by atoms with Crippen molar-refractivity contribution in [2.75, 3.05) is 6.54 Å². The minimum Gasteiger partial charge on any atom is -0.444 e. The second-order valence-corrected chi connectivity index (χ2v) is 5.25. The van der Waals surface area contributed by atoms with Gasteiger partial charge in [0.1, 0.15) is 11.3 Å². The van der Waals surface area contributed by atoms with Crippen LogP contribution in [0.4, 0.5) is 4.79 Å². The van der Waals surface area contributed by atoms with Crippen LogP contribution in [0.25, 0.3) is 0 Å². The summed E-state index contributed by atoms with van der Waals surface area (Å²) in [6, 6.07) is 5.28. The molecule has 1 aromatic heterocycles. The molecular weight excluding hydrogens is 244 g/mol. The van der Waals surface area contributed by atoms with Crippen LogP contribution in [0, 0.1) is 0 Å². The summed E-state index contributed by atoms with van der Waals surface area (Å²) in [6.45, 7) is 7.33. The monoisotopic (exact) mass is 264 g/mol. The molecule has 1 rings (SSSR count). The average Bonchev–Trinajstić information content (AvgIpc) is 2.27. The van der Waals surface area contributed by atoms with Crippen molar-refractivity contribution in [1.82, 2.24) is 10.3 Å². The molecule has 0 aliphatic heterocycles. The summed E-state index contributed by atoms with van der Waals surface area (Å²) in [7, 11) is 0. The lowest BCUT2D eigenvalue weighted by Crippen LogP contribution is -2.33. The number of nitrogens with one attached hydrogen (secondary N) is 1. The van der Waals surface area contributed by atoms with Gasteiger partial charge in [0.2, 0.25) is 0 Å². The number of nitrogens with zero attached hydrogens (tertiary/aromatic N) is 1. The zero-order valence-electron chi connectivity index (χ0n) is 11.8. The van der Waals surface area contributed by atoms with E-state index in [4.69, 9.17) is 4.74 Å². The summed E-state index contributed by atoms with van der Waals surface area (Å²) in [6.07, 6.45) is 0.107. The Morgan fingerprint density at radius 3 is 2.58 bits per heavy atom. The third-order valence-corrected chi connectivity index (χ3v) is 2.22. The predicted octanol–water partition coefficient (Wildman–Crippen LogP) is 2.35. The van der Waals surface area contributed by atoms with Gasteiger partial charge < -0.3 is 10.1 Å². The van der Waals surface area contributed by atoms with E-state index >= 15 is 0 Å². The fourth-order valence-corrected chi connectivity index (χ4v) is 1.42. The topological polar surface area (TPSA) is 68.3 Å². The van der Waals surface area contributed by atoms with E-state index in [1.54, 1.807) is 12.1 Å². The maximum absolute atomic E-state index is 11.4. The molecule has 0 bridgehead atoms. The van der Waals surface area contributed by atoms with Crippen molar-refractivity contribution in [1.29, 1.82) is 0 Å². The van der Waals surface area contributed by atoms with Crippen LogP contribution in [0.3, 0.4) is 0 Å². The molecule has 0 unspecified atom stereocenters. The molecule has 0 aliphatic rings. The highest BCUT2D eigenvalue weighted by Crippen LogP contribution is 2.06. The number of rotatable bonds is 4. The Morgan fingerprint density at radius 2 is 2.00 bits per heavy atom. The number of ketones is 1. The van der Waals surface area contributed by atoms with Crippen molar-refractivity contribution >= 4 is 11.9 Å². The molecule has 1 heterocycles. The number of alkyl carbamates (subject to hydrolysis) is 1. The third-order valence-electron chi connectivity index (χ3n) is 2.22. The van der Waals surface area contributed by atoms with Gasteiger partial charge in [-0.2, -0.15) is 0 Å². The van der Waals surface area contributed by atoms with Crippen molar-refractivity contribution < 1.29 is 14.3 Å². The third kappa shape index (κ3) is 5.99. The van der Waals surface area contributed by atoms with Gasteiger partial charge in [-0.05, 0) is 32.9 Å². The molecule has 0 radical (unpaired) electrons. The largest absolute Gasteiger partial charge is 0.444 e. The molecule has 0 spiro atoms. The lowest BCUT2D eigenvalue weighted by Gasteiger charge is -2.19. The van der Waals surface area contributed by atoms with E-state index in [0.29, 0.717) is 18.7 Å². The van der Waals surface area contributed by atoms with Crippen molar-refractivity contribution in [3.05, 3.63) is 29.6 Å². The Kier molecular flexibility index (Phi) is 5.03. The van der Waals surface area contributed by atoms with Crippen LogP contribution in [-0.2, 0) is 11.2 Å². The van der Waals surface area contributed by atoms with E-state index in [0.717, 1.165) is 5.69 Å². The first-order valence-electron chi connectivity index (χ1n) is 6.21. The summed E-state index contributed by atoms with van der Waals surface area (Å²) in [4.78, 5) is 26.8. The summed E-state index contributed by atoms with van der Waals surface area (Å²) in [5.41, 5.74) is 0.704. The first-order valence-corrected chi connectivity index (χ1v) is 6.21. The normalized spacial score (nSPS) is 10.9. The number of aromatic nitrogens is 1. The first kappa shape index (κ1) is 15.1. The van der Waals surface area contributed by atoms with Crippen LogP contribution >= 0.6 is 0 Å². The molecule has 19 heavy (non-hydrogen) atoms. The molecule has 1 N–H and O–H groups in total. The van der Waals surface area contributed by atoms with Crippen LogP contribution in [-0.4, -0.2) is 29.0 Å². The number of carbonyl (C=O) groups excluding carboxylic acids is 2. The van der Waals surface area contributed by atoms with Gasteiger partial charge in [-0.15, -0.1) is 0 Å². The highest BCUT2D eigenvalue weighted by atomic mass is 16.6. The summed E-state index contributed by atoms with van der Waals surface area (Å²) in [5, 5.41) is 2.65. The molecule has 0 saturated carbocycles. The van der Waals surface area contributed by atoms with Crippen molar-refractivity contribution in [3.63, 3.8) is 0 Å². The highest BCUT2D eigenvalue weighted by molar-refractivity contribution is 5.92. The number of ether oxygens (including phenoxy) is 1. The predicted molar refractivity (Wildman–Crippen MR) is 72.2 cm³/mol. The Labute approximate surface area is 113 Å². The number of pyridine rings is 1. The molecule has 0 atom stereocenters. The van der Waals surface area contributed by atoms with Crippen LogP contribution in [0.1, 0.15) is 43.9 Å². The molecule has 1 aromatic rings. The second-order valence-electron chi connectivity index (χ2n) is 5.25. The fraction of sp³-hybridized carbons (Fsp3) is 0.500. The maximum Gasteiger partial charge on any atom is 0.407 e. The summed E-state index contributed by atoms with van der Waals surface area (Å²) >= 11 is 0. The van der Waals surface area contributed by atoms with E-state index < -0.39 is 11.7 Å². The Hall–Kier alpha value is -1.91. The summed E-state index contributed by atoms with van der Waals surface area (Å²) in [5.74, 6) is -0.0676. The molecule has 5 heteroatoms. The van der Waals surface area contributed by atoms with Crippen LogP contribution < -0.4 is 5.32 Å². The van der Waals surface area contributed by atoms with Gasteiger partial charge in [-0.25, -0.2) is 9.78 Å². The molecule has 0 aliphatic carbocycles. The van der Waals surface area contributed by atoms with Crippen molar-refractivity contribution in [2.24, 2.45) is 0 Å². The Bertz CT molecular complexity index is 464. The average molecular weight is 264 g/mol. The zero-order chi connectivity index (χ0) is 14.5. The standard InChI is InChI=1S/C14H20N2O3/c1-10(17)12-7-5-6-11(16-12)8-9-15-13(18)19-14(2,3)4/h5-7H,8-9H2,1-4H3,(H,15,18). The Balaban J connectivity index is 2.43. The van der Waals surface area contributed by atoms with E-state index in [1.165, 1.54) is 6.92 Å². The van der Waals surface area contributed by atoms with Gasteiger partial charge >= 0.3 is 6.09 Å². The molecule has 5 nitrogen and oxygen atoms in total. The van der Waals surface area contributed by atoms with Crippen LogP contribution in [0.15, 0.2) is 18.2 Å². The maximum atomic E-state index is 11.4. The highest BCUT2D eigenvalue weighted by Gasteiger charge is 2.15. The van der Waals surface area contributed by atoms with E-state index in [2.05, 4.69) is 10.3 Å². The van der Waals surface area contributed by atoms with Gasteiger partial charge in [-0.1, -0.05) is 6.07 Å². The van der Waals surface area contributed by atoms with Gasteiger partial charge in [0.15, 0.2) is 5.78 Å². The lowest BCUT2D eigenvalue weighted by molar-refractivity contribution is 0.0528. The molecule has 104 valence electrons. The van der Waals surface area contributed by atoms with Crippen LogP contribution in [0.2, 0.25) is 0 Å². The number of hydrogen-bond donors (Lipinski definition) is 1. The first-order chi connectivity index (χ1) is 8.78. The number of amides is 1. The quantitative estimate of drug-likeness (QED) is 0.848. The number of hydrogen-bond acceptors (Lipinski definition) is 4. The van der Waals surface area contributed by atoms with Crippen molar-refractivity contribution in [2.45, 2.75) is 39.7 Å². The molecule has 0 aromatic carbocycles. The molecular formula is C14H20N2O3. The minimum absolute atomic E-state index is 0.0676. The second kappa shape index (κ2) is 6.31. The van der Waals surface area contributed by atoms with E-state index in [1.807, 2.05) is 26.8 Å². The van der Waals surface area contributed by atoms with E-state index in [9.17, 15) is 9.59 Å². The number of Topliss-reactive ketones (excluding diaryl/α,β-unsaturated/α-hetero) is 1. The zero-order valence-corrected chi connectivity index (χ0v) is 11.8. The minimum atomic E-state index is -0.503. The van der Waals surface area contributed by atoms with E-state index in [-0.39, 0.29) is 5.78 Å². The van der Waals surface area contributed by atoms with Gasteiger partial charge in [-0.3, -0.25) is 4.79 Å². The fourth-order valence-electron chi connectivity index (χ4n) is 1.42. The number of carbonyl (C=O) groups is 2. The van der Waals surface area contributed by atoms with Gasteiger partial charge in [0.05, 0.1) is 0 Å². The molecule has 0 saturated heterocycles. The molecule has 0 fully saturated rings. The van der Waals surface area contributed by atoms with Crippen molar-refractivity contribution in [3.8, 4) is 0 Å². The van der Waals surface area contributed by atoms with Gasteiger partial charge in [0.25, 0.3) is 0 Å².